The molecule has 0 saturated carbocycles. The molecule has 0 saturated heterocycles. The predicted molar refractivity (Wildman–Crippen MR) is 195 cm³/mol. The average molecular weight is 631 g/mol. The maximum Gasteiger partial charge on any atom is 0.0644 e. The Kier molecular flexibility index (Phi) is 10.7. The Bertz CT molecular complexity index is 1210. The van der Waals surface area contributed by atoms with Gasteiger partial charge in [-0.3, -0.25) is 0 Å². The second-order valence-electron chi connectivity index (χ2n) is 18.3. The lowest BCUT2D eigenvalue weighted by Gasteiger charge is -2.48. The minimum absolute atomic E-state index is 0.0188. The van der Waals surface area contributed by atoms with Gasteiger partial charge in [-0.15, -0.1) is 11.8 Å². The van der Waals surface area contributed by atoms with Crippen LogP contribution in [0.15, 0.2) is 84.0 Å². The molecule has 45 heavy (non-hydrogen) atoms. The van der Waals surface area contributed by atoms with E-state index in [4.69, 9.17) is 0 Å². The van der Waals surface area contributed by atoms with Gasteiger partial charge in [-0.2, -0.15) is 0 Å². The second kappa shape index (κ2) is 13.4. The molecule has 0 bridgehead atoms. The van der Waals surface area contributed by atoms with Gasteiger partial charge in [-0.1, -0.05) is 167 Å². The van der Waals surface area contributed by atoms with Crippen LogP contribution in [0.3, 0.4) is 0 Å². The largest absolute Gasteiger partial charge is 0.392 e. The molecule has 8 atom stereocenters. The number of thioether (sulfide) groups is 1. The van der Waals surface area contributed by atoms with Crippen molar-refractivity contribution in [1.29, 1.82) is 0 Å². The van der Waals surface area contributed by atoms with Crippen molar-refractivity contribution in [1.82, 2.24) is 0 Å². The number of rotatable bonds is 6. The lowest BCUT2D eigenvalue weighted by Crippen LogP contribution is -2.45. The summed E-state index contributed by atoms with van der Waals surface area (Å²) in [5, 5.41) is 23.9. The molecule has 0 aliphatic heterocycles. The first-order valence-corrected chi connectivity index (χ1v) is 18.2. The molecule has 0 heterocycles. The summed E-state index contributed by atoms with van der Waals surface area (Å²) in [5.74, 6) is 0.491. The Morgan fingerprint density at radius 3 is 1.09 bits per heavy atom. The molecular weight excluding hydrogens is 569 g/mol. The molecule has 2 aliphatic carbocycles. The predicted octanol–water partition coefficient (Wildman–Crippen LogP) is 11.2. The maximum atomic E-state index is 11.8. The monoisotopic (exact) mass is 630 g/mol. The van der Waals surface area contributed by atoms with Crippen LogP contribution < -0.4 is 0 Å². The highest BCUT2D eigenvalue weighted by Crippen LogP contribution is 2.57. The second-order valence-corrected chi connectivity index (χ2v) is 19.5. The van der Waals surface area contributed by atoms with Gasteiger partial charge in [-0.25, -0.2) is 0 Å². The van der Waals surface area contributed by atoms with Crippen molar-refractivity contribution < 1.29 is 10.2 Å². The topological polar surface area (TPSA) is 40.5 Å². The van der Waals surface area contributed by atoms with Crippen LogP contribution in [0.4, 0.5) is 0 Å². The lowest BCUT2D eigenvalue weighted by atomic mass is 9.62. The van der Waals surface area contributed by atoms with Crippen LogP contribution in [0.25, 0.3) is 0 Å². The Morgan fingerprint density at radius 1 is 0.511 bits per heavy atom. The van der Waals surface area contributed by atoms with Crippen LogP contribution >= 0.6 is 11.8 Å². The lowest BCUT2D eigenvalue weighted by molar-refractivity contribution is -0.0261. The van der Waals surface area contributed by atoms with Gasteiger partial charge in [-0.05, 0) is 57.5 Å². The van der Waals surface area contributed by atoms with Crippen molar-refractivity contribution in [3.63, 3.8) is 0 Å². The summed E-state index contributed by atoms with van der Waals surface area (Å²) in [6, 6.07) is 22.1. The SMILES string of the molecule is CC(C)(C)C1C=C(C(SC(C2=CC(C(C)(C)C)C(O)C(C(C)(C)C)C2)c2ccccc2)c2ccccc2)CC(C(C)(C)C)C1O. The molecule has 0 amide bonds. The van der Waals surface area contributed by atoms with Crippen molar-refractivity contribution in [2.45, 2.75) is 119 Å². The molecule has 248 valence electrons. The fourth-order valence-corrected chi connectivity index (χ4v) is 9.35. The number of hydrogen-bond donors (Lipinski definition) is 2. The van der Waals surface area contributed by atoms with Crippen LogP contribution in [0.5, 0.6) is 0 Å². The van der Waals surface area contributed by atoms with E-state index in [9.17, 15) is 10.2 Å². The summed E-state index contributed by atoms with van der Waals surface area (Å²) in [6.45, 7) is 27.4. The van der Waals surface area contributed by atoms with Gasteiger partial charge in [0.2, 0.25) is 0 Å². The number of hydrogen-bond acceptors (Lipinski definition) is 3. The van der Waals surface area contributed by atoms with Crippen molar-refractivity contribution >= 4 is 11.8 Å². The Hall–Kier alpha value is -1.81. The van der Waals surface area contributed by atoms with Gasteiger partial charge in [0.25, 0.3) is 0 Å². The van der Waals surface area contributed by atoms with Crippen LogP contribution in [0, 0.1) is 45.3 Å². The standard InChI is InChI=1S/C42H62O2S/c1-39(2,3)31-23-29(24-32(35(31)43)40(4,5)6)37(27-19-15-13-16-20-27)45-38(28-21-17-14-18-22-28)30-25-33(41(7,8)9)36(44)34(26-30)42(10,11)12/h13-23,25,31-38,43-44H,24,26H2,1-12H3. The molecule has 2 nitrogen and oxygen atoms in total. The smallest absolute Gasteiger partial charge is 0.0644 e. The molecule has 3 heteroatoms. The molecule has 0 radical (unpaired) electrons. The molecule has 2 aromatic rings. The van der Waals surface area contributed by atoms with Gasteiger partial charge >= 0.3 is 0 Å². The fraction of sp³-hybridized carbons (Fsp3) is 0.619. The molecule has 8 unspecified atom stereocenters. The summed E-state index contributed by atoms with van der Waals surface area (Å²) in [4.78, 5) is 0. The van der Waals surface area contributed by atoms with Crippen molar-refractivity contribution in [2.24, 2.45) is 45.3 Å². The van der Waals surface area contributed by atoms with E-state index in [1.54, 1.807) is 0 Å². The highest BCUT2D eigenvalue weighted by molar-refractivity contribution is 8.00. The van der Waals surface area contributed by atoms with E-state index < -0.39 is 0 Å². The highest BCUT2D eigenvalue weighted by Gasteiger charge is 2.46. The molecule has 0 spiro atoms. The molecule has 0 fully saturated rings. The molecule has 2 aromatic carbocycles. The van der Waals surface area contributed by atoms with E-state index >= 15 is 0 Å². The first-order valence-electron chi connectivity index (χ1n) is 17.2. The van der Waals surface area contributed by atoms with E-state index in [2.05, 4.69) is 168 Å². The van der Waals surface area contributed by atoms with Gasteiger partial charge in [0, 0.05) is 11.8 Å². The zero-order chi connectivity index (χ0) is 33.5. The minimum Gasteiger partial charge on any atom is -0.392 e. The number of aliphatic hydroxyl groups excluding tert-OH is 2. The third-order valence-corrected chi connectivity index (χ3v) is 12.3. The van der Waals surface area contributed by atoms with E-state index in [-0.39, 0.29) is 68.0 Å². The third-order valence-electron chi connectivity index (χ3n) is 10.6. The quantitative estimate of drug-likeness (QED) is 0.312. The highest BCUT2D eigenvalue weighted by atomic mass is 32.2. The average Bonchev–Trinajstić information content (AvgIpc) is 2.93. The number of benzene rings is 2. The summed E-state index contributed by atoms with van der Waals surface area (Å²) in [6.07, 6.45) is 5.94. The van der Waals surface area contributed by atoms with Crippen LogP contribution in [-0.2, 0) is 0 Å². The van der Waals surface area contributed by atoms with Crippen molar-refractivity contribution in [3.05, 3.63) is 95.1 Å². The zero-order valence-corrected chi connectivity index (χ0v) is 31.1. The van der Waals surface area contributed by atoms with E-state index in [1.165, 1.54) is 22.3 Å². The van der Waals surface area contributed by atoms with Crippen molar-refractivity contribution in [3.8, 4) is 0 Å². The Balaban J connectivity index is 1.90. The summed E-state index contributed by atoms with van der Waals surface area (Å²) >= 11 is 2.06. The molecule has 0 aromatic heterocycles. The first kappa shape index (κ1) is 36.0. The number of aliphatic hydroxyl groups is 2. The molecule has 4 rings (SSSR count). The summed E-state index contributed by atoms with van der Waals surface area (Å²) in [7, 11) is 0. The maximum absolute atomic E-state index is 11.8. The van der Waals surface area contributed by atoms with Gasteiger partial charge in [0.1, 0.15) is 0 Å². The molecular formula is C42H62O2S. The minimum atomic E-state index is -0.372. The van der Waals surface area contributed by atoms with Gasteiger partial charge in [0.15, 0.2) is 0 Å². The van der Waals surface area contributed by atoms with Crippen LogP contribution in [0.1, 0.15) is 118 Å². The summed E-state index contributed by atoms with van der Waals surface area (Å²) in [5.41, 5.74) is 5.37. The van der Waals surface area contributed by atoms with E-state index in [0.29, 0.717) is 0 Å². The van der Waals surface area contributed by atoms with E-state index in [1.807, 2.05) is 0 Å². The van der Waals surface area contributed by atoms with Crippen LogP contribution in [-0.4, -0.2) is 22.4 Å². The summed E-state index contributed by atoms with van der Waals surface area (Å²) < 4.78 is 0. The Morgan fingerprint density at radius 2 is 0.822 bits per heavy atom. The third kappa shape index (κ3) is 8.38. The van der Waals surface area contributed by atoms with Gasteiger partial charge in [0.05, 0.1) is 22.7 Å². The molecule has 2 N–H and O–H groups in total. The molecule has 2 aliphatic rings. The normalized spacial score (nSPS) is 28.2. The Labute approximate surface area is 280 Å². The van der Waals surface area contributed by atoms with E-state index in [0.717, 1.165) is 12.8 Å². The zero-order valence-electron chi connectivity index (χ0n) is 30.3. The van der Waals surface area contributed by atoms with Gasteiger partial charge < -0.3 is 10.2 Å². The van der Waals surface area contributed by atoms with Crippen molar-refractivity contribution in [2.75, 3.05) is 0 Å². The van der Waals surface area contributed by atoms with Crippen LogP contribution in [0.2, 0.25) is 0 Å². The first-order chi connectivity index (χ1) is 20.7. The fourth-order valence-electron chi connectivity index (χ4n) is 7.75.